The summed E-state index contributed by atoms with van der Waals surface area (Å²) in [6.45, 7) is -0.0668. The van der Waals surface area contributed by atoms with Gasteiger partial charge in [-0.2, -0.15) is 0 Å². The van der Waals surface area contributed by atoms with Crippen molar-refractivity contribution in [1.29, 1.82) is 0 Å². The van der Waals surface area contributed by atoms with Crippen molar-refractivity contribution >= 4 is 5.65 Å². The van der Waals surface area contributed by atoms with Gasteiger partial charge in [0.15, 0.2) is 0 Å². The van der Waals surface area contributed by atoms with E-state index in [-0.39, 0.29) is 12.6 Å². The third kappa shape index (κ3) is 1.30. The van der Waals surface area contributed by atoms with Crippen molar-refractivity contribution in [1.82, 2.24) is 9.38 Å². The number of aromatic nitrogens is 2. The third-order valence-corrected chi connectivity index (χ3v) is 2.02. The monoisotopic (exact) mass is 177 g/mol. The zero-order valence-corrected chi connectivity index (χ0v) is 7.09. The minimum Gasteiger partial charge on any atom is -0.394 e. The van der Waals surface area contributed by atoms with Crippen molar-refractivity contribution in [2.45, 2.75) is 6.04 Å². The maximum absolute atomic E-state index is 8.90. The summed E-state index contributed by atoms with van der Waals surface area (Å²) < 4.78 is 1.88. The molecule has 2 rings (SSSR count). The van der Waals surface area contributed by atoms with E-state index in [0.717, 1.165) is 11.3 Å². The molecule has 2 aromatic heterocycles. The molecule has 3 N–H and O–H groups in total. The molecule has 0 unspecified atom stereocenters. The van der Waals surface area contributed by atoms with E-state index in [4.69, 9.17) is 10.8 Å². The van der Waals surface area contributed by atoms with Crippen LogP contribution < -0.4 is 5.73 Å². The highest BCUT2D eigenvalue weighted by Gasteiger charge is 2.09. The summed E-state index contributed by atoms with van der Waals surface area (Å²) in [7, 11) is 0. The molecule has 0 amide bonds. The van der Waals surface area contributed by atoms with Crippen molar-refractivity contribution in [3.8, 4) is 0 Å². The van der Waals surface area contributed by atoms with E-state index in [1.54, 1.807) is 6.20 Å². The van der Waals surface area contributed by atoms with E-state index < -0.39 is 0 Å². The van der Waals surface area contributed by atoms with E-state index >= 15 is 0 Å². The van der Waals surface area contributed by atoms with Gasteiger partial charge in [0, 0.05) is 6.20 Å². The van der Waals surface area contributed by atoms with Crippen LogP contribution in [0.4, 0.5) is 0 Å². The van der Waals surface area contributed by atoms with Crippen LogP contribution in [-0.4, -0.2) is 21.1 Å². The molecule has 4 heteroatoms. The minimum absolute atomic E-state index is 0.0668. The highest BCUT2D eigenvalue weighted by molar-refractivity contribution is 5.40. The lowest BCUT2D eigenvalue weighted by molar-refractivity contribution is 0.265. The molecule has 2 aromatic rings. The van der Waals surface area contributed by atoms with Crippen molar-refractivity contribution in [2.75, 3.05) is 6.61 Å². The van der Waals surface area contributed by atoms with Gasteiger partial charge in [-0.25, -0.2) is 4.98 Å². The Morgan fingerprint density at radius 1 is 1.54 bits per heavy atom. The summed E-state index contributed by atoms with van der Waals surface area (Å²) in [5, 5.41) is 8.90. The van der Waals surface area contributed by atoms with Gasteiger partial charge >= 0.3 is 0 Å². The van der Waals surface area contributed by atoms with Crippen LogP contribution in [0.25, 0.3) is 5.65 Å². The second-order valence-electron chi connectivity index (χ2n) is 2.90. The molecule has 0 aromatic carbocycles. The van der Waals surface area contributed by atoms with Gasteiger partial charge in [-0.15, -0.1) is 0 Å². The topological polar surface area (TPSA) is 63.5 Å². The molecule has 2 heterocycles. The lowest BCUT2D eigenvalue weighted by Crippen LogP contribution is -2.16. The highest BCUT2D eigenvalue weighted by Crippen LogP contribution is 2.11. The molecular weight excluding hydrogens is 166 g/mol. The Hall–Kier alpha value is -1.39. The normalized spacial score (nSPS) is 13.4. The van der Waals surface area contributed by atoms with Gasteiger partial charge in [-0.3, -0.25) is 0 Å². The SMILES string of the molecule is N[C@H](CO)c1cnc2ccccn12. The molecule has 0 spiro atoms. The first-order valence-corrected chi connectivity index (χ1v) is 4.11. The first kappa shape index (κ1) is 8.22. The fraction of sp³-hybridized carbons (Fsp3) is 0.222. The average molecular weight is 177 g/mol. The van der Waals surface area contributed by atoms with Gasteiger partial charge in [-0.05, 0) is 12.1 Å². The zero-order valence-electron chi connectivity index (χ0n) is 7.09. The van der Waals surface area contributed by atoms with E-state index in [1.165, 1.54) is 0 Å². The molecule has 0 aliphatic rings. The molecule has 13 heavy (non-hydrogen) atoms. The number of rotatable bonds is 2. The fourth-order valence-electron chi connectivity index (χ4n) is 1.32. The van der Waals surface area contributed by atoms with Gasteiger partial charge in [0.2, 0.25) is 0 Å². The Morgan fingerprint density at radius 3 is 3.15 bits per heavy atom. The predicted octanol–water partition coefficient (Wildman–Crippen LogP) is 0.326. The Kier molecular flexibility index (Phi) is 2.00. The van der Waals surface area contributed by atoms with Gasteiger partial charge in [0.25, 0.3) is 0 Å². The second-order valence-corrected chi connectivity index (χ2v) is 2.90. The Balaban J connectivity index is 2.57. The molecule has 0 saturated carbocycles. The molecule has 0 fully saturated rings. The molecule has 0 radical (unpaired) electrons. The number of hydrogen-bond donors (Lipinski definition) is 2. The molecule has 4 nitrogen and oxygen atoms in total. The van der Waals surface area contributed by atoms with Crippen LogP contribution in [0.3, 0.4) is 0 Å². The van der Waals surface area contributed by atoms with Gasteiger partial charge in [0.05, 0.1) is 24.5 Å². The number of aliphatic hydroxyl groups excluding tert-OH is 1. The number of hydrogen-bond acceptors (Lipinski definition) is 3. The fourth-order valence-corrected chi connectivity index (χ4v) is 1.32. The largest absolute Gasteiger partial charge is 0.394 e. The van der Waals surface area contributed by atoms with Crippen LogP contribution in [-0.2, 0) is 0 Å². The third-order valence-electron chi connectivity index (χ3n) is 2.02. The van der Waals surface area contributed by atoms with Gasteiger partial charge in [-0.1, -0.05) is 6.07 Å². The molecule has 0 aliphatic carbocycles. The predicted molar refractivity (Wildman–Crippen MR) is 49.2 cm³/mol. The molecule has 0 bridgehead atoms. The molecule has 68 valence electrons. The summed E-state index contributed by atoms with van der Waals surface area (Å²) in [5.74, 6) is 0. The number of aliphatic hydroxyl groups is 1. The van der Waals surface area contributed by atoms with Crippen molar-refractivity contribution in [3.05, 3.63) is 36.3 Å². The smallest absolute Gasteiger partial charge is 0.136 e. The minimum atomic E-state index is -0.364. The number of pyridine rings is 1. The van der Waals surface area contributed by atoms with E-state index in [0.29, 0.717) is 0 Å². The lowest BCUT2D eigenvalue weighted by atomic mass is 10.2. The maximum atomic E-state index is 8.90. The standard InChI is InChI=1S/C9H11N3O/c10-7(6-13)8-5-11-9-3-1-2-4-12(8)9/h1-5,7,13H,6,10H2/t7-/m1/s1. The summed E-state index contributed by atoms with van der Waals surface area (Å²) in [5.41, 5.74) is 7.37. The van der Waals surface area contributed by atoms with Crippen LogP contribution in [0.5, 0.6) is 0 Å². The maximum Gasteiger partial charge on any atom is 0.136 e. The number of fused-ring (bicyclic) bond motifs is 1. The van der Waals surface area contributed by atoms with E-state index in [2.05, 4.69) is 4.98 Å². The van der Waals surface area contributed by atoms with Crippen LogP contribution in [0.1, 0.15) is 11.7 Å². The quantitative estimate of drug-likeness (QED) is 0.694. The van der Waals surface area contributed by atoms with Crippen molar-refractivity contribution < 1.29 is 5.11 Å². The van der Waals surface area contributed by atoms with Gasteiger partial charge in [0.1, 0.15) is 5.65 Å². The molecule has 1 atom stereocenters. The summed E-state index contributed by atoms with van der Waals surface area (Å²) in [4.78, 5) is 4.16. The van der Waals surface area contributed by atoms with Crippen molar-refractivity contribution in [2.24, 2.45) is 5.73 Å². The first-order valence-electron chi connectivity index (χ1n) is 4.11. The second kappa shape index (κ2) is 3.16. The van der Waals surface area contributed by atoms with Gasteiger partial charge < -0.3 is 15.2 Å². The summed E-state index contributed by atoms with van der Waals surface area (Å²) >= 11 is 0. The Morgan fingerprint density at radius 2 is 2.38 bits per heavy atom. The van der Waals surface area contributed by atoms with Crippen LogP contribution >= 0.6 is 0 Å². The molecular formula is C9H11N3O. The van der Waals surface area contributed by atoms with Crippen LogP contribution in [0.2, 0.25) is 0 Å². The number of nitrogens with zero attached hydrogens (tertiary/aromatic N) is 2. The van der Waals surface area contributed by atoms with E-state index in [9.17, 15) is 0 Å². The Labute approximate surface area is 75.6 Å². The first-order chi connectivity index (χ1) is 6.33. The molecule has 0 aliphatic heterocycles. The van der Waals surface area contributed by atoms with E-state index in [1.807, 2.05) is 28.8 Å². The Bertz CT molecular complexity index is 410. The molecule has 0 saturated heterocycles. The zero-order chi connectivity index (χ0) is 9.26. The number of imidazole rings is 1. The summed E-state index contributed by atoms with van der Waals surface area (Å²) in [6, 6.07) is 5.35. The van der Waals surface area contributed by atoms with Crippen LogP contribution in [0.15, 0.2) is 30.6 Å². The van der Waals surface area contributed by atoms with Crippen LogP contribution in [0, 0.1) is 0 Å². The summed E-state index contributed by atoms with van der Waals surface area (Å²) in [6.07, 6.45) is 3.57. The highest BCUT2D eigenvalue weighted by atomic mass is 16.3. The van der Waals surface area contributed by atoms with Crippen molar-refractivity contribution in [3.63, 3.8) is 0 Å². The average Bonchev–Trinajstić information content (AvgIpc) is 2.60. The number of nitrogens with two attached hydrogens (primary N) is 1. The lowest BCUT2D eigenvalue weighted by Gasteiger charge is -2.06.